The zero-order chi connectivity index (χ0) is 11.6. The van der Waals surface area contributed by atoms with E-state index in [-0.39, 0.29) is 0 Å². The second-order valence-corrected chi connectivity index (χ2v) is 8.76. The molecule has 0 spiro atoms. The van der Waals surface area contributed by atoms with Crippen LogP contribution in [0.25, 0.3) is 0 Å². The first kappa shape index (κ1) is 12.5. The summed E-state index contributed by atoms with van der Waals surface area (Å²) in [4.78, 5) is 0. The highest BCUT2D eigenvalue weighted by molar-refractivity contribution is 9.11. The van der Waals surface area contributed by atoms with Gasteiger partial charge in [-0.1, -0.05) is 0 Å². The molecule has 1 aromatic heterocycles. The van der Waals surface area contributed by atoms with Gasteiger partial charge in [0.15, 0.2) is 9.84 Å². The molecule has 3 nitrogen and oxygen atoms in total. The molecule has 0 amide bonds. The molecule has 1 aromatic rings. The number of sulfone groups is 1. The summed E-state index contributed by atoms with van der Waals surface area (Å²) in [6.07, 6.45) is 1.93. The van der Waals surface area contributed by atoms with Gasteiger partial charge in [0.05, 0.1) is 9.54 Å². The van der Waals surface area contributed by atoms with Crippen LogP contribution in [0.15, 0.2) is 20.1 Å². The Balaban J connectivity index is 2.07. The molecule has 2 heterocycles. The average molecular weight is 324 g/mol. The third kappa shape index (κ3) is 3.06. The Morgan fingerprint density at radius 2 is 2.06 bits per heavy atom. The van der Waals surface area contributed by atoms with Crippen LogP contribution in [0.2, 0.25) is 0 Å². The van der Waals surface area contributed by atoms with Crippen LogP contribution in [-0.2, 0) is 9.84 Å². The first-order valence-electron chi connectivity index (χ1n) is 5.27. The van der Waals surface area contributed by atoms with Crippen molar-refractivity contribution in [1.82, 2.24) is 5.32 Å². The summed E-state index contributed by atoms with van der Waals surface area (Å²) in [6.45, 7) is 1.88. The summed E-state index contributed by atoms with van der Waals surface area (Å²) in [5.74, 6) is 0.605. The lowest BCUT2D eigenvalue weighted by atomic mass is 10.0. The summed E-state index contributed by atoms with van der Waals surface area (Å²) in [6, 6.07) is 3.48. The van der Waals surface area contributed by atoms with E-state index in [4.69, 9.17) is 0 Å². The monoisotopic (exact) mass is 323 g/mol. The SMILES string of the molecule is O=S(=O)(CC1CCNCC1)c1ccc(Br)s1. The van der Waals surface area contributed by atoms with Crippen LogP contribution in [0.1, 0.15) is 12.8 Å². The van der Waals surface area contributed by atoms with Crippen LogP contribution in [0.5, 0.6) is 0 Å². The van der Waals surface area contributed by atoms with Crippen molar-refractivity contribution in [2.45, 2.75) is 17.1 Å². The van der Waals surface area contributed by atoms with Gasteiger partial charge in [0.1, 0.15) is 4.21 Å². The summed E-state index contributed by atoms with van der Waals surface area (Å²) >= 11 is 4.59. The van der Waals surface area contributed by atoms with E-state index in [0.29, 0.717) is 15.9 Å². The number of rotatable bonds is 3. The molecule has 1 aliphatic heterocycles. The molecule has 0 atom stereocenters. The molecule has 0 saturated carbocycles. The van der Waals surface area contributed by atoms with Crippen molar-refractivity contribution in [3.63, 3.8) is 0 Å². The van der Waals surface area contributed by atoms with Crippen molar-refractivity contribution in [3.8, 4) is 0 Å². The lowest BCUT2D eigenvalue weighted by Crippen LogP contribution is -2.31. The minimum absolute atomic E-state index is 0.293. The number of nitrogens with one attached hydrogen (secondary N) is 1. The molecule has 16 heavy (non-hydrogen) atoms. The molecule has 6 heteroatoms. The van der Waals surface area contributed by atoms with E-state index in [1.54, 1.807) is 12.1 Å². The number of piperidine rings is 1. The van der Waals surface area contributed by atoms with E-state index in [1.807, 2.05) is 0 Å². The van der Waals surface area contributed by atoms with Crippen molar-refractivity contribution in [3.05, 3.63) is 15.9 Å². The van der Waals surface area contributed by atoms with Gasteiger partial charge in [0.2, 0.25) is 0 Å². The molecule has 1 aliphatic rings. The van der Waals surface area contributed by atoms with Crippen LogP contribution >= 0.6 is 27.3 Å². The van der Waals surface area contributed by atoms with E-state index in [1.165, 1.54) is 11.3 Å². The highest BCUT2D eigenvalue weighted by atomic mass is 79.9. The van der Waals surface area contributed by atoms with E-state index in [0.717, 1.165) is 29.7 Å². The van der Waals surface area contributed by atoms with Gasteiger partial charge in [-0.2, -0.15) is 0 Å². The molecule has 0 aliphatic carbocycles. The number of halogens is 1. The molecular formula is C10H14BrNO2S2. The van der Waals surface area contributed by atoms with Crippen LogP contribution in [0.3, 0.4) is 0 Å². The summed E-state index contributed by atoms with van der Waals surface area (Å²) < 4.78 is 25.5. The first-order valence-corrected chi connectivity index (χ1v) is 8.53. The molecule has 0 aromatic carbocycles. The molecule has 90 valence electrons. The van der Waals surface area contributed by atoms with Crippen molar-refractivity contribution < 1.29 is 8.42 Å². The highest BCUT2D eigenvalue weighted by Gasteiger charge is 2.23. The normalized spacial score (nSPS) is 18.8. The molecule has 0 unspecified atom stereocenters. The average Bonchev–Trinajstić information content (AvgIpc) is 2.66. The lowest BCUT2D eigenvalue weighted by Gasteiger charge is -2.21. The second-order valence-electron chi connectivity index (χ2n) is 4.03. The summed E-state index contributed by atoms with van der Waals surface area (Å²) in [5, 5.41) is 3.24. The number of thiophene rings is 1. The molecule has 1 fully saturated rings. The van der Waals surface area contributed by atoms with Crippen LogP contribution < -0.4 is 5.32 Å². The molecule has 1 N–H and O–H groups in total. The molecule has 1 saturated heterocycles. The fraction of sp³-hybridized carbons (Fsp3) is 0.600. The van der Waals surface area contributed by atoms with Crippen molar-refractivity contribution in [2.24, 2.45) is 5.92 Å². The fourth-order valence-corrected chi connectivity index (χ4v) is 5.72. The van der Waals surface area contributed by atoms with Crippen LogP contribution in [0, 0.1) is 5.92 Å². The Hall–Kier alpha value is 0.0900. The minimum Gasteiger partial charge on any atom is -0.317 e. The van der Waals surface area contributed by atoms with Crippen molar-refractivity contribution in [1.29, 1.82) is 0 Å². The predicted molar refractivity (Wildman–Crippen MR) is 69.7 cm³/mol. The maximum absolute atomic E-state index is 12.1. The zero-order valence-corrected chi connectivity index (χ0v) is 12.0. The van der Waals surface area contributed by atoms with Gasteiger partial charge in [-0.05, 0) is 59.9 Å². The van der Waals surface area contributed by atoms with Crippen molar-refractivity contribution >= 4 is 37.1 Å². The number of hydrogen-bond acceptors (Lipinski definition) is 4. The van der Waals surface area contributed by atoms with Crippen LogP contribution in [-0.4, -0.2) is 27.3 Å². The first-order chi connectivity index (χ1) is 7.58. The Kier molecular flexibility index (Phi) is 4.05. The largest absolute Gasteiger partial charge is 0.317 e. The third-order valence-corrected chi connectivity index (χ3v) is 6.86. The molecular weight excluding hydrogens is 310 g/mol. The topological polar surface area (TPSA) is 46.2 Å². The van der Waals surface area contributed by atoms with Gasteiger partial charge < -0.3 is 5.32 Å². The van der Waals surface area contributed by atoms with E-state index in [9.17, 15) is 8.42 Å². The predicted octanol–water partition coefficient (Wildman–Crippen LogP) is 2.28. The summed E-state index contributed by atoms with van der Waals surface area (Å²) in [5.41, 5.74) is 0. The highest BCUT2D eigenvalue weighted by Crippen LogP contribution is 2.28. The zero-order valence-electron chi connectivity index (χ0n) is 8.78. The van der Waals surface area contributed by atoms with E-state index in [2.05, 4.69) is 21.2 Å². The Morgan fingerprint density at radius 3 is 2.62 bits per heavy atom. The molecule has 2 rings (SSSR count). The Morgan fingerprint density at radius 1 is 1.38 bits per heavy atom. The third-order valence-electron chi connectivity index (χ3n) is 2.77. The smallest absolute Gasteiger partial charge is 0.188 e. The van der Waals surface area contributed by atoms with Crippen LogP contribution in [0.4, 0.5) is 0 Å². The second kappa shape index (κ2) is 5.16. The summed E-state index contributed by atoms with van der Waals surface area (Å²) in [7, 11) is -3.08. The van der Waals surface area contributed by atoms with Gasteiger partial charge in [-0.3, -0.25) is 0 Å². The molecule has 0 bridgehead atoms. The lowest BCUT2D eigenvalue weighted by molar-refractivity contribution is 0.401. The quantitative estimate of drug-likeness (QED) is 0.928. The standard InChI is InChI=1S/C10H14BrNO2S2/c11-9-1-2-10(15-9)16(13,14)7-8-3-5-12-6-4-8/h1-2,8,12H,3-7H2. The van der Waals surface area contributed by atoms with Gasteiger partial charge in [-0.25, -0.2) is 8.42 Å². The van der Waals surface area contributed by atoms with Gasteiger partial charge in [0.25, 0.3) is 0 Å². The van der Waals surface area contributed by atoms with E-state index < -0.39 is 9.84 Å². The van der Waals surface area contributed by atoms with Crippen molar-refractivity contribution in [2.75, 3.05) is 18.8 Å². The van der Waals surface area contributed by atoms with Gasteiger partial charge >= 0.3 is 0 Å². The minimum atomic E-state index is -3.08. The van der Waals surface area contributed by atoms with Gasteiger partial charge in [0, 0.05) is 0 Å². The Labute approximate surface area is 108 Å². The fourth-order valence-electron chi connectivity index (χ4n) is 1.91. The Bertz CT molecular complexity index is 449. The maximum Gasteiger partial charge on any atom is 0.188 e. The molecule has 0 radical (unpaired) electrons. The van der Waals surface area contributed by atoms with E-state index >= 15 is 0 Å². The van der Waals surface area contributed by atoms with Gasteiger partial charge in [-0.15, -0.1) is 11.3 Å². The maximum atomic E-state index is 12.1. The number of hydrogen-bond donors (Lipinski definition) is 1.